The largest absolute Gasteiger partial charge is 0.496 e. The molecule has 3 aromatic rings. The van der Waals surface area contributed by atoms with E-state index >= 15 is 0 Å². The number of nitrogen functional groups attached to an aromatic ring is 1. The topological polar surface area (TPSA) is 167 Å². The van der Waals surface area contributed by atoms with Crippen molar-refractivity contribution in [1.82, 2.24) is 29.7 Å². The summed E-state index contributed by atoms with van der Waals surface area (Å²) in [5, 5.41) is 15.5. The molecule has 13 heteroatoms. The van der Waals surface area contributed by atoms with Crippen LogP contribution in [-0.4, -0.2) is 55.7 Å². The second-order valence-corrected chi connectivity index (χ2v) is 11.0. The highest BCUT2D eigenvalue weighted by Gasteiger charge is 2.37. The monoisotopic (exact) mass is 505 g/mol. The molecule has 0 aliphatic heterocycles. The van der Waals surface area contributed by atoms with Gasteiger partial charge in [-0.05, 0) is 33.8 Å². The molecule has 0 radical (unpaired) electrons. The zero-order chi connectivity index (χ0) is 25.8. The van der Waals surface area contributed by atoms with E-state index in [0.29, 0.717) is 23.5 Å². The van der Waals surface area contributed by atoms with E-state index in [9.17, 15) is 14.5 Å². The highest BCUT2D eigenvalue weighted by atomic mass is 31.2. The molecule has 0 amide bonds. The molecule has 1 aromatic carbocycles. The molecule has 0 fully saturated rings. The van der Waals surface area contributed by atoms with E-state index in [1.54, 1.807) is 24.1 Å². The van der Waals surface area contributed by atoms with E-state index in [1.807, 2.05) is 32.0 Å². The van der Waals surface area contributed by atoms with Gasteiger partial charge >= 0.3 is 5.97 Å². The number of hydrogen-bond acceptors (Lipinski definition) is 8. The van der Waals surface area contributed by atoms with Gasteiger partial charge in [-0.15, -0.1) is 0 Å². The van der Waals surface area contributed by atoms with Gasteiger partial charge in [-0.25, -0.2) is 25.1 Å². The van der Waals surface area contributed by atoms with Crippen LogP contribution >= 0.6 is 7.44 Å². The van der Waals surface area contributed by atoms with Crippen molar-refractivity contribution in [3.63, 3.8) is 0 Å². The molecular weight excluding hydrogens is 473 g/mol. The van der Waals surface area contributed by atoms with Gasteiger partial charge in [0, 0.05) is 11.6 Å². The first-order valence-electron chi connectivity index (χ1n) is 11.0. The number of rotatable bonds is 12. The van der Waals surface area contributed by atoms with Crippen LogP contribution in [0.2, 0.25) is 0 Å². The number of fused-ring (bicyclic) bond motifs is 1. The average molecular weight is 506 g/mol. The van der Waals surface area contributed by atoms with E-state index in [2.05, 4.69) is 25.1 Å². The minimum Gasteiger partial charge on any atom is -0.496 e. The highest BCUT2D eigenvalue weighted by Crippen LogP contribution is 2.43. The van der Waals surface area contributed by atoms with E-state index < -0.39 is 31.1 Å². The van der Waals surface area contributed by atoms with Crippen molar-refractivity contribution in [3.8, 4) is 5.75 Å². The summed E-state index contributed by atoms with van der Waals surface area (Å²) in [6, 6.07) is 6.91. The third-order valence-corrected chi connectivity index (χ3v) is 7.66. The lowest BCUT2D eigenvalue weighted by Crippen LogP contribution is -2.47. The third-order valence-electron chi connectivity index (χ3n) is 5.43. The van der Waals surface area contributed by atoms with Gasteiger partial charge in [0.05, 0.1) is 26.1 Å². The molecule has 3 atom stereocenters. The Morgan fingerprint density at radius 2 is 1.97 bits per heavy atom. The highest BCUT2D eigenvalue weighted by molar-refractivity contribution is 7.59. The van der Waals surface area contributed by atoms with Crippen LogP contribution < -0.4 is 20.6 Å². The van der Waals surface area contributed by atoms with Gasteiger partial charge in [-0.2, -0.15) is 0 Å². The molecule has 190 valence electrons. The van der Waals surface area contributed by atoms with Crippen LogP contribution in [0.3, 0.4) is 0 Å². The molecule has 0 spiro atoms. The summed E-state index contributed by atoms with van der Waals surface area (Å²) >= 11 is 0. The molecule has 12 nitrogen and oxygen atoms in total. The van der Waals surface area contributed by atoms with Crippen molar-refractivity contribution in [1.29, 1.82) is 0 Å². The summed E-state index contributed by atoms with van der Waals surface area (Å²) in [6.45, 7) is 6.89. The standard InChI is InChI=1S/C22H32N7O5P/c1-14(10-29-12-26-18-19(23)24-11-25-20(18)29)34-13-35(32,28-22(3,4)21(30)31)27-15(2)16-8-6-7-9-17(16)33-5/h6-9,11-12,14-15H,10,13H2,1-5H3,(H,30,31)(H2,23,24,25)(H2,27,28,32)/t14-,15+,35+/m1/s1. The van der Waals surface area contributed by atoms with Crippen LogP contribution in [0.1, 0.15) is 39.3 Å². The molecule has 35 heavy (non-hydrogen) atoms. The molecule has 0 bridgehead atoms. The Hall–Kier alpha value is -3.05. The second-order valence-electron chi connectivity index (χ2n) is 8.81. The third kappa shape index (κ3) is 6.34. The van der Waals surface area contributed by atoms with E-state index in [-0.39, 0.29) is 12.2 Å². The van der Waals surface area contributed by atoms with E-state index in [4.69, 9.17) is 15.2 Å². The second kappa shape index (κ2) is 10.7. The maximum absolute atomic E-state index is 14.0. The summed E-state index contributed by atoms with van der Waals surface area (Å²) in [5.74, 6) is -0.236. The summed E-state index contributed by atoms with van der Waals surface area (Å²) < 4.78 is 27.1. The van der Waals surface area contributed by atoms with Gasteiger partial charge in [0.2, 0.25) is 7.44 Å². The van der Waals surface area contributed by atoms with Crippen LogP contribution in [0, 0.1) is 0 Å². The minimum atomic E-state index is -3.58. The number of imidazole rings is 1. The van der Waals surface area contributed by atoms with Crippen LogP contribution in [-0.2, 0) is 20.6 Å². The lowest BCUT2D eigenvalue weighted by molar-refractivity contribution is -0.142. The number of para-hydroxylation sites is 1. The Kier molecular flexibility index (Phi) is 8.11. The van der Waals surface area contributed by atoms with Crippen molar-refractivity contribution in [2.24, 2.45) is 0 Å². The smallest absolute Gasteiger partial charge is 0.323 e. The number of benzene rings is 1. The first-order chi connectivity index (χ1) is 16.5. The molecular formula is C22H32N7O5P. The molecule has 0 aliphatic carbocycles. The van der Waals surface area contributed by atoms with Gasteiger partial charge in [0.1, 0.15) is 29.5 Å². The molecule has 3 rings (SSSR count). The first-order valence-corrected chi connectivity index (χ1v) is 12.9. The SMILES string of the molecule is COc1ccccc1[C@H](C)N[P@@](=O)(CO[C@H](C)Cn1cnc2c(N)ncnc21)NC(C)(C)C(=O)O. The number of aliphatic carboxylic acids is 1. The average Bonchev–Trinajstić information content (AvgIpc) is 3.21. The normalized spacial score (nSPS) is 15.5. The van der Waals surface area contributed by atoms with Crippen LogP contribution in [0.25, 0.3) is 11.2 Å². The lowest BCUT2D eigenvalue weighted by atomic mass is 10.1. The first kappa shape index (κ1) is 26.6. The Balaban J connectivity index is 1.77. The minimum absolute atomic E-state index is 0.256. The number of nitrogens with two attached hydrogens (primary N) is 1. The number of carbonyl (C=O) groups is 1. The van der Waals surface area contributed by atoms with Crippen molar-refractivity contribution < 1.29 is 23.9 Å². The van der Waals surface area contributed by atoms with Crippen molar-refractivity contribution >= 4 is 30.4 Å². The van der Waals surface area contributed by atoms with Crippen LogP contribution in [0.15, 0.2) is 36.9 Å². The zero-order valence-corrected chi connectivity index (χ0v) is 21.3. The summed E-state index contributed by atoms with van der Waals surface area (Å²) in [7, 11) is -2.02. The maximum Gasteiger partial charge on any atom is 0.323 e. The van der Waals surface area contributed by atoms with Gasteiger partial charge in [0.15, 0.2) is 11.5 Å². The predicted molar refractivity (Wildman–Crippen MR) is 132 cm³/mol. The quantitative estimate of drug-likeness (QED) is 0.267. The molecule has 0 unspecified atom stereocenters. The molecule has 5 N–H and O–H groups in total. The van der Waals surface area contributed by atoms with Crippen molar-refractivity contribution in [3.05, 3.63) is 42.5 Å². The summed E-state index contributed by atoms with van der Waals surface area (Å²) in [5.41, 5.74) is 6.20. The fourth-order valence-electron chi connectivity index (χ4n) is 3.60. The number of carboxylic acid groups (broad SMARTS) is 1. The molecule has 2 heterocycles. The van der Waals surface area contributed by atoms with E-state index in [1.165, 1.54) is 20.2 Å². The number of methoxy groups -OCH3 is 1. The Morgan fingerprint density at radius 3 is 2.66 bits per heavy atom. The molecule has 0 saturated carbocycles. The zero-order valence-electron chi connectivity index (χ0n) is 20.4. The summed E-state index contributed by atoms with van der Waals surface area (Å²) in [4.78, 5) is 24.1. The molecule has 0 saturated heterocycles. The number of anilines is 1. The van der Waals surface area contributed by atoms with Crippen LogP contribution in [0.5, 0.6) is 5.75 Å². The van der Waals surface area contributed by atoms with Crippen molar-refractivity contribution in [2.45, 2.75) is 51.9 Å². The number of ether oxygens (including phenoxy) is 2. The molecule has 0 aliphatic rings. The fraction of sp³-hybridized carbons (Fsp3) is 0.455. The molecule has 2 aromatic heterocycles. The van der Waals surface area contributed by atoms with Gasteiger partial charge in [0.25, 0.3) is 0 Å². The van der Waals surface area contributed by atoms with Gasteiger partial charge < -0.3 is 24.9 Å². The van der Waals surface area contributed by atoms with Crippen molar-refractivity contribution in [2.75, 3.05) is 19.2 Å². The van der Waals surface area contributed by atoms with E-state index in [0.717, 1.165) is 5.56 Å². The predicted octanol–water partition coefficient (Wildman–Crippen LogP) is 2.78. The van der Waals surface area contributed by atoms with Gasteiger partial charge in [-0.3, -0.25) is 9.36 Å². The number of hydrogen-bond donors (Lipinski definition) is 4. The number of carboxylic acids is 1. The van der Waals surface area contributed by atoms with Crippen LogP contribution in [0.4, 0.5) is 5.82 Å². The Labute approximate surface area is 203 Å². The Bertz CT molecular complexity index is 1230. The fourth-order valence-corrected chi connectivity index (χ4v) is 6.03. The number of aromatic nitrogens is 4. The Morgan fingerprint density at radius 1 is 1.26 bits per heavy atom. The lowest BCUT2D eigenvalue weighted by Gasteiger charge is -2.32. The number of nitrogens with zero attached hydrogens (tertiary/aromatic N) is 4. The maximum atomic E-state index is 14.0. The van der Waals surface area contributed by atoms with Gasteiger partial charge in [-0.1, -0.05) is 18.2 Å². The summed E-state index contributed by atoms with van der Waals surface area (Å²) in [6.07, 6.45) is 2.28. The number of nitrogens with one attached hydrogen (secondary N) is 2.